The minimum atomic E-state index is 0.128. The summed E-state index contributed by atoms with van der Waals surface area (Å²) in [6, 6.07) is 0. The van der Waals surface area contributed by atoms with Gasteiger partial charge in [-0.05, 0) is 20.9 Å². The van der Waals surface area contributed by atoms with Crippen molar-refractivity contribution in [3.05, 3.63) is 0 Å². The number of nitrogens with zero attached hydrogens (tertiary/aromatic N) is 2. The molecule has 0 N–H and O–H groups in total. The molecule has 0 saturated heterocycles. The first kappa shape index (κ1) is 13.1. The Bertz CT molecular complexity index is 179. The van der Waals surface area contributed by atoms with E-state index in [0.717, 1.165) is 19.4 Å². The first-order valence-electron chi connectivity index (χ1n) is 5.05. The van der Waals surface area contributed by atoms with Crippen molar-refractivity contribution >= 4 is 12.2 Å². The fourth-order valence-corrected chi connectivity index (χ4v) is 1.26. The zero-order chi connectivity index (χ0) is 11.0. The van der Waals surface area contributed by atoms with E-state index in [1.165, 1.54) is 0 Å². The number of carbonyl (C=O) groups excluding carboxylic acids is 2. The molecule has 0 rings (SSSR count). The fourth-order valence-electron chi connectivity index (χ4n) is 1.26. The van der Waals surface area contributed by atoms with Gasteiger partial charge in [0.05, 0.1) is 6.54 Å². The van der Waals surface area contributed by atoms with Crippen LogP contribution in [-0.4, -0.2) is 55.2 Å². The minimum absolute atomic E-state index is 0.128. The van der Waals surface area contributed by atoms with Gasteiger partial charge >= 0.3 is 0 Å². The van der Waals surface area contributed by atoms with Crippen molar-refractivity contribution in [3.8, 4) is 0 Å². The van der Waals surface area contributed by atoms with Crippen LogP contribution in [0.15, 0.2) is 0 Å². The van der Waals surface area contributed by atoms with Crippen LogP contribution in [0, 0.1) is 0 Å². The van der Waals surface area contributed by atoms with E-state index in [4.69, 9.17) is 0 Å². The topological polar surface area (TPSA) is 40.6 Å². The van der Waals surface area contributed by atoms with E-state index >= 15 is 0 Å². The Morgan fingerprint density at radius 2 is 1.86 bits per heavy atom. The molecule has 0 aromatic heterocycles. The molecule has 4 heteroatoms. The molecule has 0 saturated carbocycles. The molecule has 0 aliphatic heterocycles. The van der Waals surface area contributed by atoms with Gasteiger partial charge in [-0.3, -0.25) is 9.69 Å². The molecule has 0 atom stereocenters. The number of hydrogen-bond acceptors (Lipinski definition) is 3. The molecule has 14 heavy (non-hydrogen) atoms. The number of rotatable bonds is 7. The summed E-state index contributed by atoms with van der Waals surface area (Å²) in [5, 5.41) is 0. The summed E-state index contributed by atoms with van der Waals surface area (Å²) in [6.07, 6.45) is 1.36. The van der Waals surface area contributed by atoms with Crippen LogP contribution >= 0.6 is 0 Å². The van der Waals surface area contributed by atoms with Crippen LogP contribution in [0.1, 0.15) is 20.3 Å². The average Bonchev–Trinajstić information content (AvgIpc) is 2.16. The van der Waals surface area contributed by atoms with Gasteiger partial charge in [-0.2, -0.15) is 0 Å². The fraction of sp³-hybridized carbons (Fsp3) is 0.800. The number of likely N-dealkylation sites (N-methyl/N-ethyl adjacent to an activating group) is 2. The van der Waals surface area contributed by atoms with E-state index in [2.05, 4.69) is 0 Å². The van der Waals surface area contributed by atoms with Crippen LogP contribution in [0.25, 0.3) is 0 Å². The predicted molar refractivity (Wildman–Crippen MR) is 56.1 cm³/mol. The average molecular weight is 200 g/mol. The highest BCUT2D eigenvalue weighted by Crippen LogP contribution is 1.92. The Morgan fingerprint density at radius 1 is 1.29 bits per heavy atom. The lowest BCUT2D eigenvalue weighted by molar-refractivity contribution is -0.131. The van der Waals surface area contributed by atoms with Crippen molar-refractivity contribution in [3.63, 3.8) is 0 Å². The van der Waals surface area contributed by atoms with Gasteiger partial charge in [-0.25, -0.2) is 0 Å². The van der Waals surface area contributed by atoms with Gasteiger partial charge in [0.25, 0.3) is 0 Å². The van der Waals surface area contributed by atoms with E-state index in [-0.39, 0.29) is 5.91 Å². The van der Waals surface area contributed by atoms with E-state index in [1.54, 1.807) is 4.90 Å². The molecule has 0 aliphatic rings. The number of hydrogen-bond donors (Lipinski definition) is 0. The van der Waals surface area contributed by atoms with Gasteiger partial charge in [0.15, 0.2) is 0 Å². The molecule has 0 radical (unpaired) electrons. The van der Waals surface area contributed by atoms with Gasteiger partial charge in [0.1, 0.15) is 6.29 Å². The third-order valence-corrected chi connectivity index (χ3v) is 2.15. The Kier molecular flexibility index (Phi) is 7.02. The first-order valence-corrected chi connectivity index (χ1v) is 5.05. The van der Waals surface area contributed by atoms with Gasteiger partial charge in [0, 0.05) is 26.1 Å². The molecule has 0 spiro atoms. The molecule has 0 fully saturated rings. The summed E-state index contributed by atoms with van der Waals surface area (Å²) >= 11 is 0. The molecule has 0 heterocycles. The predicted octanol–water partition coefficient (Wildman–Crippen LogP) is 0.376. The maximum atomic E-state index is 11.6. The Balaban J connectivity index is 3.84. The highest BCUT2D eigenvalue weighted by Gasteiger charge is 2.11. The molecular formula is C10H20N2O2. The van der Waals surface area contributed by atoms with Crippen molar-refractivity contribution in [2.45, 2.75) is 20.3 Å². The first-order chi connectivity index (χ1) is 6.65. The summed E-state index contributed by atoms with van der Waals surface area (Å²) in [4.78, 5) is 25.4. The summed E-state index contributed by atoms with van der Waals surface area (Å²) in [5.41, 5.74) is 0. The molecule has 82 valence electrons. The van der Waals surface area contributed by atoms with Crippen molar-refractivity contribution in [2.75, 3.05) is 33.2 Å². The number of aldehydes is 1. The maximum Gasteiger partial charge on any atom is 0.236 e. The second kappa shape index (κ2) is 7.50. The Labute approximate surface area is 85.9 Å². The summed E-state index contributed by atoms with van der Waals surface area (Å²) < 4.78 is 0. The van der Waals surface area contributed by atoms with Gasteiger partial charge in [-0.15, -0.1) is 0 Å². The lowest BCUT2D eigenvalue weighted by Crippen LogP contribution is -2.39. The lowest BCUT2D eigenvalue weighted by Gasteiger charge is -2.22. The molecular weight excluding hydrogens is 180 g/mol. The van der Waals surface area contributed by atoms with E-state index in [0.29, 0.717) is 19.5 Å². The van der Waals surface area contributed by atoms with Gasteiger partial charge in [-0.1, -0.05) is 0 Å². The molecule has 4 nitrogen and oxygen atoms in total. The molecule has 0 aromatic carbocycles. The monoisotopic (exact) mass is 200 g/mol. The number of amides is 1. The zero-order valence-corrected chi connectivity index (χ0v) is 9.32. The largest absolute Gasteiger partial charge is 0.342 e. The van der Waals surface area contributed by atoms with E-state index in [9.17, 15) is 9.59 Å². The third kappa shape index (κ3) is 4.97. The van der Waals surface area contributed by atoms with Crippen LogP contribution in [0.3, 0.4) is 0 Å². The molecule has 0 bridgehead atoms. The zero-order valence-electron chi connectivity index (χ0n) is 9.32. The quantitative estimate of drug-likeness (QED) is 0.558. The van der Waals surface area contributed by atoms with Gasteiger partial charge in [0.2, 0.25) is 5.91 Å². The maximum absolute atomic E-state index is 11.6. The van der Waals surface area contributed by atoms with E-state index in [1.807, 2.05) is 25.8 Å². The molecule has 0 unspecified atom stereocenters. The highest BCUT2D eigenvalue weighted by molar-refractivity contribution is 5.78. The SMILES string of the molecule is CCN(CC)C(=O)CN(C)CCC=O. The number of carbonyl (C=O) groups is 2. The van der Waals surface area contributed by atoms with Crippen LogP contribution < -0.4 is 0 Å². The van der Waals surface area contributed by atoms with Crippen LogP contribution in [-0.2, 0) is 9.59 Å². The lowest BCUT2D eigenvalue weighted by atomic mass is 10.4. The van der Waals surface area contributed by atoms with Crippen LogP contribution in [0.2, 0.25) is 0 Å². The smallest absolute Gasteiger partial charge is 0.236 e. The molecule has 0 aromatic rings. The second-order valence-electron chi connectivity index (χ2n) is 3.26. The Hall–Kier alpha value is -0.900. The van der Waals surface area contributed by atoms with Crippen LogP contribution in [0.5, 0.6) is 0 Å². The third-order valence-electron chi connectivity index (χ3n) is 2.15. The van der Waals surface area contributed by atoms with Crippen molar-refractivity contribution in [1.29, 1.82) is 0 Å². The van der Waals surface area contributed by atoms with Crippen molar-refractivity contribution in [1.82, 2.24) is 9.80 Å². The standard InChI is InChI=1S/C10H20N2O2/c1-4-12(5-2)10(14)9-11(3)7-6-8-13/h8H,4-7,9H2,1-3H3. The summed E-state index contributed by atoms with van der Waals surface area (Å²) in [7, 11) is 1.85. The summed E-state index contributed by atoms with van der Waals surface area (Å²) in [6.45, 7) is 6.47. The second-order valence-corrected chi connectivity index (χ2v) is 3.26. The van der Waals surface area contributed by atoms with Crippen LogP contribution in [0.4, 0.5) is 0 Å². The normalized spacial score (nSPS) is 10.3. The highest BCUT2D eigenvalue weighted by atomic mass is 16.2. The summed E-state index contributed by atoms with van der Waals surface area (Å²) in [5.74, 6) is 0.128. The Morgan fingerprint density at radius 3 is 2.29 bits per heavy atom. The van der Waals surface area contributed by atoms with Crippen molar-refractivity contribution in [2.24, 2.45) is 0 Å². The van der Waals surface area contributed by atoms with Gasteiger partial charge < -0.3 is 9.69 Å². The molecule has 1 amide bonds. The molecule has 0 aliphatic carbocycles. The van der Waals surface area contributed by atoms with E-state index < -0.39 is 0 Å². The van der Waals surface area contributed by atoms with Crippen molar-refractivity contribution < 1.29 is 9.59 Å². The minimum Gasteiger partial charge on any atom is -0.342 e.